The molecule has 0 bridgehead atoms. The summed E-state index contributed by atoms with van der Waals surface area (Å²) in [6.07, 6.45) is 7.48. The average molecular weight is 302 g/mol. The lowest BCUT2D eigenvalue weighted by Gasteiger charge is -2.50. The second-order valence-electron chi connectivity index (χ2n) is 7.05. The Hall–Kier alpha value is -1.58. The molecule has 4 nitrogen and oxygen atoms in total. The van der Waals surface area contributed by atoms with Gasteiger partial charge in [0, 0.05) is 11.1 Å². The minimum atomic E-state index is -0.727. The maximum absolute atomic E-state index is 12.3. The zero-order chi connectivity index (χ0) is 15.5. The molecule has 0 saturated heterocycles. The maximum Gasteiger partial charge on any atom is 0.334 e. The minimum absolute atomic E-state index is 0.225. The molecule has 0 radical (unpaired) electrons. The highest BCUT2D eigenvalue weighted by Gasteiger charge is 2.67. The fourth-order valence-corrected chi connectivity index (χ4v) is 5.04. The lowest BCUT2D eigenvalue weighted by molar-refractivity contribution is -0.189. The molecule has 2 aliphatic carbocycles. The fraction of sp³-hybridized carbons (Fsp3) is 0.667. The summed E-state index contributed by atoms with van der Waals surface area (Å²) >= 11 is 0. The quantitative estimate of drug-likeness (QED) is 0.697. The molecule has 4 rings (SSSR count). The van der Waals surface area contributed by atoms with Crippen LogP contribution in [-0.4, -0.2) is 23.1 Å². The van der Waals surface area contributed by atoms with Crippen molar-refractivity contribution in [3.05, 3.63) is 22.3 Å². The molecule has 0 unspecified atom stereocenters. The number of carbonyl (C=O) groups excluding carboxylic acids is 2. The zero-order valence-electron chi connectivity index (χ0n) is 13.3. The van der Waals surface area contributed by atoms with Crippen molar-refractivity contribution in [2.24, 2.45) is 0 Å². The van der Waals surface area contributed by atoms with E-state index in [1.807, 2.05) is 13.8 Å². The Morgan fingerprint density at radius 2 is 1.14 bits per heavy atom. The number of fused-ring (bicyclic) bond motifs is 3. The molecule has 4 heteroatoms. The Bertz CT molecular complexity index is 585. The van der Waals surface area contributed by atoms with E-state index in [1.54, 1.807) is 0 Å². The van der Waals surface area contributed by atoms with Crippen LogP contribution in [0.15, 0.2) is 22.3 Å². The molecule has 0 aromatic carbocycles. The fourth-order valence-electron chi connectivity index (χ4n) is 5.04. The van der Waals surface area contributed by atoms with E-state index >= 15 is 0 Å². The van der Waals surface area contributed by atoms with Crippen molar-refractivity contribution < 1.29 is 19.1 Å². The second-order valence-corrected chi connectivity index (χ2v) is 7.05. The molecule has 0 aromatic heterocycles. The first-order valence-corrected chi connectivity index (χ1v) is 8.39. The summed E-state index contributed by atoms with van der Waals surface area (Å²) in [6.45, 7) is 3.72. The van der Waals surface area contributed by atoms with Gasteiger partial charge in [0.05, 0.1) is 0 Å². The Kier molecular flexibility index (Phi) is 2.85. The first-order valence-electron chi connectivity index (χ1n) is 8.39. The Labute approximate surface area is 130 Å². The van der Waals surface area contributed by atoms with Crippen LogP contribution in [0.5, 0.6) is 0 Å². The molecule has 4 aliphatic rings. The monoisotopic (exact) mass is 302 g/mol. The van der Waals surface area contributed by atoms with E-state index < -0.39 is 11.2 Å². The van der Waals surface area contributed by atoms with Gasteiger partial charge < -0.3 is 9.47 Å². The van der Waals surface area contributed by atoms with Crippen LogP contribution < -0.4 is 0 Å². The topological polar surface area (TPSA) is 52.6 Å². The predicted octanol–water partition coefficient (Wildman–Crippen LogP) is 3.36. The summed E-state index contributed by atoms with van der Waals surface area (Å²) in [5.74, 6) is -0.450. The molecular formula is C18H22O4. The average Bonchev–Trinajstić information content (AvgIpc) is 2.95. The van der Waals surface area contributed by atoms with Crippen LogP contribution in [-0.2, 0) is 19.1 Å². The van der Waals surface area contributed by atoms with Crippen molar-refractivity contribution >= 4 is 11.9 Å². The molecule has 2 atom stereocenters. The molecule has 118 valence electrons. The molecule has 0 amide bonds. The number of esters is 2. The smallest absolute Gasteiger partial charge is 0.334 e. The number of hydrogen-bond donors (Lipinski definition) is 0. The van der Waals surface area contributed by atoms with Crippen LogP contribution >= 0.6 is 0 Å². The summed E-state index contributed by atoms with van der Waals surface area (Å²) in [4.78, 5) is 24.6. The van der Waals surface area contributed by atoms with E-state index in [1.165, 1.54) is 0 Å². The summed E-state index contributed by atoms with van der Waals surface area (Å²) in [5.41, 5.74) is 2.20. The number of hydrogen-bond acceptors (Lipinski definition) is 4. The highest BCUT2D eigenvalue weighted by atomic mass is 16.6. The van der Waals surface area contributed by atoms with Gasteiger partial charge in [-0.05, 0) is 76.4 Å². The van der Waals surface area contributed by atoms with Crippen molar-refractivity contribution in [3.8, 4) is 0 Å². The normalized spacial score (nSPS) is 37.9. The summed E-state index contributed by atoms with van der Waals surface area (Å²) in [7, 11) is 0. The largest absolute Gasteiger partial charge is 0.446 e. The van der Waals surface area contributed by atoms with E-state index in [0.717, 1.165) is 73.7 Å². The Balaban J connectivity index is 1.92. The second kappa shape index (κ2) is 4.46. The van der Waals surface area contributed by atoms with Crippen molar-refractivity contribution in [2.45, 2.75) is 76.4 Å². The van der Waals surface area contributed by atoms with Crippen LogP contribution in [0.4, 0.5) is 0 Å². The van der Waals surface area contributed by atoms with Crippen LogP contribution in [0.1, 0.15) is 65.2 Å². The first-order chi connectivity index (χ1) is 10.5. The highest BCUT2D eigenvalue weighted by Crippen LogP contribution is 2.59. The van der Waals surface area contributed by atoms with Crippen molar-refractivity contribution in [1.29, 1.82) is 0 Å². The van der Waals surface area contributed by atoms with Crippen molar-refractivity contribution in [3.63, 3.8) is 0 Å². The lowest BCUT2D eigenvalue weighted by atomic mass is 9.62. The van der Waals surface area contributed by atoms with Gasteiger partial charge in [0.1, 0.15) is 0 Å². The van der Waals surface area contributed by atoms with Crippen LogP contribution in [0, 0.1) is 0 Å². The van der Waals surface area contributed by atoms with E-state index in [0.29, 0.717) is 0 Å². The molecule has 2 fully saturated rings. The van der Waals surface area contributed by atoms with Gasteiger partial charge in [0.2, 0.25) is 0 Å². The van der Waals surface area contributed by atoms with Crippen LogP contribution in [0.25, 0.3) is 0 Å². The van der Waals surface area contributed by atoms with Crippen LogP contribution in [0.3, 0.4) is 0 Å². The molecule has 0 aromatic rings. The molecule has 0 N–H and O–H groups in total. The molecule has 2 aliphatic heterocycles. The molecule has 22 heavy (non-hydrogen) atoms. The Morgan fingerprint density at radius 3 is 1.55 bits per heavy atom. The summed E-state index contributed by atoms with van der Waals surface area (Å²) in [5, 5.41) is 0. The Morgan fingerprint density at radius 1 is 0.727 bits per heavy atom. The lowest BCUT2D eigenvalue weighted by Crippen LogP contribution is -2.59. The first kappa shape index (κ1) is 14.0. The molecule has 2 saturated carbocycles. The van der Waals surface area contributed by atoms with Gasteiger partial charge in [-0.2, -0.15) is 0 Å². The van der Waals surface area contributed by atoms with Gasteiger partial charge in [-0.3, -0.25) is 0 Å². The van der Waals surface area contributed by atoms with Gasteiger partial charge in [0.15, 0.2) is 11.2 Å². The van der Waals surface area contributed by atoms with E-state index in [2.05, 4.69) is 0 Å². The van der Waals surface area contributed by atoms with Gasteiger partial charge in [0.25, 0.3) is 0 Å². The molecule has 2 heterocycles. The van der Waals surface area contributed by atoms with Gasteiger partial charge in [-0.15, -0.1) is 0 Å². The third kappa shape index (κ3) is 1.48. The molecular weight excluding hydrogens is 280 g/mol. The van der Waals surface area contributed by atoms with E-state index in [4.69, 9.17) is 9.47 Å². The van der Waals surface area contributed by atoms with Crippen molar-refractivity contribution in [2.75, 3.05) is 0 Å². The van der Waals surface area contributed by atoms with Gasteiger partial charge >= 0.3 is 11.9 Å². The third-order valence-corrected chi connectivity index (χ3v) is 6.09. The summed E-state index contributed by atoms with van der Waals surface area (Å²) < 4.78 is 12.0. The zero-order valence-corrected chi connectivity index (χ0v) is 13.3. The number of ether oxygens (including phenoxy) is 2. The van der Waals surface area contributed by atoms with Crippen LogP contribution in [0.2, 0.25) is 0 Å². The minimum Gasteiger partial charge on any atom is -0.446 e. The van der Waals surface area contributed by atoms with Crippen molar-refractivity contribution in [1.82, 2.24) is 0 Å². The van der Waals surface area contributed by atoms with E-state index in [-0.39, 0.29) is 11.9 Å². The van der Waals surface area contributed by atoms with Gasteiger partial charge in [-0.1, -0.05) is 0 Å². The highest BCUT2D eigenvalue weighted by molar-refractivity contribution is 5.96. The SMILES string of the molecule is CC1=C2CCCC[C@]2([C@@]23CCCCC2=C(C)C(=O)O3)OC1=O. The third-order valence-electron chi connectivity index (χ3n) is 6.09. The van der Waals surface area contributed by atoms with E-state index in [9.17, 15) is 9.59 Å². The number of rotatable bonds is 1. The summed E-state index contributed by atoms with van der Waals surface area (Å²) in [6, 6.07) is 0. The predicted molar refractivity (Wildman–Crippen MR) is 80.0 cm³/mol. The molecule has 0 spiro atoms. The van der Waals surface area contributed by atoms with Gasteiger partial charge in [-0.25, -0.2) is 9.59 Å². The standard InChI is InChI=1S/C18H22O4/c1-11-13-7-3-5-9-17(13,21-15(11)19)18-10-6-4-8-14(18)12(2)16(20)22-18/h3-10H2,1-2H3/t17-,18+. The maximum atomic E-state index is 12.3. The number of carbonyl (C=O) groups is 2.